The van der Waals surface area contributed by atoms with Gasteiger partial charge in [-0.3, -0.25) is 4.98 Å². The average Bonchev–Trinajstić information content (AvgIpc) is 3.97. The molecule has 0 bridgehead atoms. The molecule has 9 rings (SSSR count). The van der Waals surface area contributed by atoms with Crippen molar-refractivity contribution in [2.75, 3.05) is 0 Å². The lowest BCUT2D eigenvalue weighted by atomic mass is 9.81. The van der Waals surface area contributed by atoms with Crippen LogP contribution in [0, 0.1) is 11.8 Å². The Morgan fingerprint density at radius 1 is 0.489 bits per heavy atom. The van der Waals surface area contributed by atoms with E-state index >= 15 is 0 Å². The molecule has 6 aromatic carbocycles. The van der Waals surface area contributed by atoms with Crippen molar-refractivity contribution in [2.24, 2.45) is 11.8 Å². The second-order valence-electron chi connectivity index (χ2n) is 12.7. The van der Waals surface area contributed by atoms with E-state index in [0.29, 0.717) is 5.92 Å². The standard InChI is InChI=1S/C44H33N/c1-3-13-41-39(11-1)43(37-10-6-8-32(27-37)29-15-16-29)40-12-2-4-14-42(40)44(41)38-20-19-35-26-34(17-18-36(35)28-38)33-9-5-7-31(25-33)30-21-23-45-24-22-30/h1-14,17-26,28-29,32H,15-16,27H2. The van der Waals surface area contributed by atoms with Crippen LogP contribution in [-0.2, 0) is 0 Å². The van der Waals surface area contributed by atoms with Gasteiger partial charge in [0.15, 0.2) is 0 Å². The molecule has 0 saturated heterocycles. The maximum Gasteiger partial charge on any atom is 0.0273 e. The normalized spacial score (nSPS) is 16.4. The summed E-state index contributed by atoms with van der Waals surface area (Å²) in [5.74, 6) is 1.54. The van der Waals surface area contributed by atoms with E-state index < -0.39 is 0 Å². The second kappa shape index (κ2) is 10.7. The van der Waals surface area contributed by atoms with Crippen molar-refractivity contribution in [2.45, 2.75) is 19.3 Å². The molecular formula is C44H33N. The van der Waals surface area contributed by atoms with Gasteiger partial charge in [-0.15, -0.1) is 0 Å². The van der Waals surface area contributed by atoms with Gasteiger partial charge in [0.1, 0.15) is 0 Å². The highest BCUT2D eigenvalue weighted by atomic mass is 14.6. The van der Waals surface area contributed by atoms with E-state index in [9.17, 15) is 0 Å². The molecule has 1 nitrogen and oxygen atoms in total. The van der Waals surface area contributed by atoms with Crippen LogP contribution >= 0.6 is 0 Å². The van der Waals surface area contributed by atoms with Gasteiger partial charge in [0.2, 0.25) is 0 Å². The van der Waals surface area contributed by atoms with E-state index in [1.807, 2.05) is 12.4 Å². The molecule has 0 aliphatic heterocycles. The number of pyridine rings is 1. The van der Waals surface area contributed by atoms with Crippen LogP contribution < -0.4 is 0 Å². The third-order valence-electron chi connectivity index (χ3n) is 9.93. The van der Waals surface area contributed by atoms with Crippen molar-refractivity contribution >= 4 is 37.9 Å². The molecule has 0 amide bonds. The van der Waals surface area contributed by atoms with Gasteiger partial charge in [0.25, 0.3) is 0 Å². The molecule has 7 aromatic rings. The summed E-state index contributed by atoms with van der Waals surface area (Å²) < 4.78 is 0. The zero-order valence-electron chi connectivity index (χ0n) is 25.2. The predicted molar refractivity (Wildman–Crippen MR) is 191 cm³/mol. The van der Waals surface area contributed by atoms with Gasteiger partial charge in [0.05, 0.1) is 0 Å². The number of allylic oxidation sites excluding steroid dienone is 4. The molecule has 0 N–H and O–H groups in total. The fourth-order valence-corrected chi connectivity index (χ4v) is 7.53. The molecule has 1 unspecified atom stereocenters. The van der Waals surface area contributed by atoms with Gasteiger partial charge < -0.3 is 0 Å². The summed E-state index contributed by atoms with van der Waals surface area (Å²) in [6, 6.07) is 44.9. The molecular weight excluding hydrogens is 542 g/mol. The fraction of sp³-hybridized carbons (Fsp3) is 0.114. The van der Waals surface area contributed by atoms with Crippen LogP contribution in [0.3, 0.4) is 0 Å². The monoisotopic (exact) mass is 575 g/mol. The Hall–Kier alpha value is -5.27. The van der Waals surface area contributed by atoms with Crippen molar-refractivity contribution in [3.05, 3.63) is 158 Å². The zero-order chi connectivity index (χ0) is 29.7. The number of rotatable bonds is 5. The van der Waals surface area contributed by atoms with Crippen molar-refractivity contribution in [3.63, 3.8) is 0 Å². The van der Waals surface area contributed by atoms with E-state index in [-0.39, 0.29) is 0 Å². The smallest absolute Gasteiger partial charge is 0.0273 e. The van der Waals surface area contributed by atoms with Crippen LogP contribution in [0.4, 0.5) is 0 Å². The summed E-state index contributed by atoms with van der Waals surface area (Å²) in [6.07, 6.45) is 14.7. The van der Waals surface area contributed by atoms with E-state index in [0.717, 1.165) is 12.3 Å². The SMILES string of the molecule is C1=CC(C2CC2)CC(c2c3ccccc3c(-c3ccc4cc(-c5cccc(-c6ccncc6)c5)ccc4c3)c3ccccc23)=C1. The van der Waals surface area contributed by atoms with Crippen LogP contribution in [-0.4, -0.2) is 4.98 Å². The first-order chi connectivity index (χ1) is 22.3. The molecule has 45 heavy (non-hydrogen) atoms. The van der Waals surface area contributed by atoms with Gasteiger partial charge in [-0.2, -0.15) is 0 Å². The molecule has 1 heteroatoms. The minimum Gasteiger partial charge on any atom is -0.265 e. The van der Waals surface area contributed by atoms with E-state index in [4.69, 9.17) is 0 Å². The summed E-state index contributed by atoms with van der Waals surface area (Å²) in [6.45, 7) is 0. The molecule has 0 radical (unpaired) electrons. The third-order valence-corrected chi connectivity index (χ3v) is 9.93. The topological polar surface area (TPSA) is 12.9 Å². The Balaban J connectivity index is 1.16. The van der Waals surface area contributed by atoms with Gasteiger partial charge in [0, 0.05) is 12.4 Å². The van der Waals surface area contributed by atoms with Gasteiger partial charge in [-0.1, -0.05) is 109 Å². The van der Waals surface area contributed by atoms with E-state index in [2.05, 4.69) is 145 Å². The molecule has 1 fully saturated rings. The third kappa shape index (κ3) is 4.67. The summed E-state index contributed by atoms with van der Waals surface area (Å²) in [5.41, 5.74) is 10.3. The largest absolute Gasteiger partial charge is 0.265 e. The zero-order valence-corrected chi connectivity index (χ0v) is 25.2. The highest BCUT2D eigenvalue weighted by Crippen LogP contribution is 2.48. The quantitative estimate of drug-likeness (QED) is 0.186. The van der Waals surface area contributed by atoms with Gasteiger partial charge in [-0.05, 0) is 138 Å². The highest BCUT2D eigenvalue weighted by molar-refractivity contribution is 6.19. The molecule has 2 aliphatic carbocycles. The second-order valence-corrected chi connectivity index (χ2v) is 12.7. The Labute approximate surface area is 264 Å². The lowest BCUT2D eigenvalue weighted by Gasteiger charge is -2.23. The lowest BCUT2D eigenvalue weighted by Crippen LogP contribution is -2.05. The maximum absolute atomic E-state index is 4.18. The van der Waals surface area contributed by atoms with Gasteiger partial charge in [-0.25, -0.2) is 0 Å². The minimum atomic E-state index is 0.672. The van der Waals surface area contributed by atoms with Crippen molar-refractivity contribution in [1.29, 1.82) is 0 Å². The Kier molecular flexibility index (Phi) is 6.23. The Morgan fingerprint density at radius 2 is 1.07 bits per heavy atom. The number of benzene rings is 6. The summed E-state index contributed by atoms with van der Waals surface area (Å²) in [4.78, 5) is 4.18. The van der Waals surface area contributed by atoms with Crippen LogP contribution in [0.2, 0.25) is 0 Å². The molecule has 1 saturated carbocycles. The predicted octanol–water partition coefficient (Wildman–Crippen LogP) is 11.9. The van der Waals surface area contributed by atoms with Crippen LogP contribution in [0.1, 0.15) is 24.8 Å². The van der Waals surface area contributed by atoms with Crippen molar-refractivity contribution < 1.29 is 0 Å². The average molecular weight is 576 g/mol. The number of nitrogens with zero attached hydrogens (tertiary/aromatic N) is 1. The van der Waals surface area contributed by atoms with Gasteiger partial charge >= 0.3 is 0 Å². The molecule has 1 aromatic heterocycles. The number of fused-ring (bicyclic) bond motifs is 3. The fourth-order valence-electron chi connectivity index (χ4n) is 7.53. The van der Waals surface area contributed by atoms with E-state index in [1.54, 1.807) is 0 Å². The Bertz CT molecular complexity index is 2250. The van der Waals surface area contributed by atoms with Crippen molar-refractivity contribution in [1.82, 2.24) is 4.98 Å². The lowest BCUT2D eigenvalue weighted by molar-refractivity contribution is 0.581. The first kappa shape index (κ1) is 26.2. The molecule has 1 heterocycles. The summed E-state index contributed by atoms with van der Waals surface area (Å²) >= 11 is 0. The first-order valence-electron chi connectivity index (χ1n) is 16.2. The first-order valence-corrected chi connectivity index (χ1v) is 16.2. The highest BCUT2D eigenvalue weighted by Gasteiger charge is 2.31. The minimum absolute atomic E-state index is 0.672. The van der Waals surface area contributed by atoms with Crippen LogP contribution in [0.15, 0.2) is 152 Å². The maximum atomic E-state index is 4.18. The van der Waals surface area contributed by atoms with Crippen LogP contribution in [0.25, 0.3) is 71.3 Å². The molecule has 1 atom stereocenters. The summed E-state index contributed by atoms with van der Waals surface area (Å²) in [5, 5.41) is 7.87. The van der Waals surface area contributed by atoms with Crippen molar-refractivity contribution in [3.8, 4) is 33.4 Å². The number of hydrogen-bond donors (Lipinski definition) is 0. The number of hydrogen-bond acceptors (Lipinski definition) is 1. The van der Waals surface area contributed by atoms with E-state index in [1.165, 1.54) is 89.7 Å². The number of aromatic nitrogens is 1. The molecule has 2 aliphatic rings. The Morgan fingerprint density at radius 3 is 1.73 bits per heavy atom. The van der Waals surface area contributed by atoms with Crippen LogP contribution in [0.5, 0.6) is 0 Å². The molecule has 214 valence electrons. The summed E-state index contributed by atoms with van der Waals surface area (Å²) in [7, 11) is 0. The molecule has 0 spiro atoms.